The van der Waals surface area contributed by atoms with Gasteiger partial charge in [0, 0.05) is 25.3 Å². The number of nitrogens with zero attached hydrogens (tertiary/aromatic N) is 4. The summed E-state index contributed by atoms with van der Waals surface area (Å²) in [6, 6.07) is 17.7. The number of amidine groups is 1. The van der Waals surface area contributed by atoms with Crippen LogP contribution in [-0.2, 0) is 16.0 Å². The maximum Gasteiger partial charge on any atom is 0.305 e. The molecule has 0 atom stereocenters. The zero-order chi connectivity index (χ0) is 30.0. The highest BCUT2D eigenvalue weighted by molar-refractivity contribution is 6.09. The number of nitriles is 1. The van der Waals surface area contributed by atoms with Gasteiger partial charge in [0.25, 0.3) is 5.91 Å². The van der Waals surface area contributed by atoms with E-state index in [9.17, 15) is 10.1 Å². The summed E-state index contributed by atoms with van der Waals surface area (Å²) < 4.78 is 11.6. The van der Waals surface area contributed by atoms with E-state index in [2.05, 4.69) is 40.7 Å². The first-order valence-electron chi connectivity index (χ1n) is 15.4. The molecule has 0 unspecified atom stereocenters. The van der Waals surface area contributed by atoms with Gasteiger partial charge in [-0.1, -0.05) is 43.0 Å². The van der Waals surface area contributed by atoms with Crippen molar-refractivity contribution in [3.63, 3.8) is 0 Å². The number of ether oxygens (including phenoxy) is 2. The second-order valence-corrected chi connectivity index (χ2v) is 10.9. The number of hydrogen-bond acceptors (Lipinski definition) is 6. The van der Waals surface area contributed by atoms with E-state index in [0.29, 0.717) is 30.8 Å². The van der Waals surface area contributed by atoms with Gasteiger partial charge in [0.1, 0.15) is 11.8 Å². The lowest BCUT2D eigenvalue weighted by molar-refractivity contribution is -0.123. The standard InChI is InChI=1S/C36H40N4O3/c1-3-28-15-10-23-39-24-11-16-29(34(28)39)14-9-18-33-35(41)40(36(43-33)38-32-17-6-5-13-30(32)26-37)25-8-7-12-27-19-21-31(22-20-27)42-4-2/h3,5-6,13-14,17-22H,1,4,7-12,15-16,23-25H2,2H3/b29-14-,33-18+,38-36?. The van der Waals surface area contributed by atoms with E-state index in [1.807, 2.05) is 37.3 Å². The molecule has 3 heterocycles. The molecule has 3 aliphatic rings. The molecule has 0 aliphatic carbocycles. The lowest BCUT2D eigenvalue weighted by atomic mass is 9.90. The van der Waals surface area contributed by atoms with E-state index in [4.69, 9.17) is 9.47 Å². The van der Waals surface area contributed by atoms with E-state index in [-0.39, 0.29) is 17.7 Å². The van der Waals surface area contributed by atoms with Crippen molar-refractivity contribution in [2.75, 3.05) is 26.2 Å². The van der Waals surface area contributed by atoms with Gasteiger partial charge in [0.2, 0.25) is 0 Å². The highest BCUT2D eigenvalue weighted by atomic mass is 16.5. The van der Waals surface area contributed by atoms with Gasteiger partial charge in [-0.05, 0) is 105 Å². The Morgan fingerprint density at radius 2 is 1.86 bits per heavy atom. The number of para-hydroxylation sites is 1. The number of hydrogen-bond donors (Lipinski definition) is 0. The number of benzene rings is 2. The molecule has 1 amide bonds. The molecule has 0 aromatic heterocycles. The number of unbranched alkanes of at least 4 members (excludes halogenated alkanes) is 1. The molecule has 0 N–H and O–H groups in total. The Labute approximate surface area is 255 Å². The van der Waals surface area contributed by atoms with Crippen LogP contribution in [0, 0.1) is 11.3 Å². The van der Waals surface area contributed by atoms with Gasteiger partial charge in [-0.25, -0.2) is 0 Å². The fourth-order valence-electron chi connectivity index (χ4n) is 5.92. The minimum absolute atomic E-state index is 0.193. The van der Waals surface area contributed by atoms with Crippen molar-refractivity contribution in [1.29, 1.82) is 5.26 Å². The van der Waals surface area contributed by atoms with Crippen LogP contribution in [0.2, 0.25) is 0 Å². The average Bonchev–Trinajstić information content (AvgIpc) is 3.33. The summed E-state index contributed by atoms with van der Waals surface area (Å²) in [5, 5.41) is 9.57. The molecule has 2 aromatic carbocycles. The Balaban J connectivity index is 1.30. The molecular formula is C36H40N4O3. The fraction of sp³-hybridized carbons (Fsp3) is 0.361. The predicted octanol–water partition coefficient (Wildman–Crippen LogP) is 7.36. The van der Waals surface area contributed by atoms with Crippen molar-refractivity contribution in [3.8, 4) is 11.8 Å². The van der Waals surface area contributed by atoms with E-state index in [0.717, 1.165) is 63.8 Å². The second kappa shape index (κ2) is 14.6. The summed E-state index contributed by atoms with van der Waals surface area (Å²) in [5.41, 5.74) is 6.12. The zero-order valence-corrected chi connectivity index (χ0v) is 25.1. The first-order chi connectivity index (χ1) is 21.1. The summed E-state index contributed by atoms with van der Waals surface area (Å²) in [6.07, 6.45) is 13.6. The maximum absolute atomic E-state index is 13.6. The topological polar surface area (TPSA) is 78.2 Å². The summed E-state index contributed by atoms with van der Waals surface area (Å²) in [7, 11) is 0. The molecule has 7 heteroatoms. The minimum atomic E-state index is -0.193. The van der Waals surface area contributed by atoms with Gasteiger partial charge < -0.3 is 14.4 Å². The largest absolute Gasteiger partial charge is 0.494 e. The number of amides is 1. The molecule has 222 valence electrons. The molecule has 2 saturated heterocycles. The van der Waals surface area contributed by atoms with Gasteiger partial charge in [0.05, 0.1) is 17.9 Å². The van der Waals surface area contributed by atoms with E-state index >= 15 is 0 Å². The van der Waals surface area contributed by atoms with Crippen LogP contribution in [0.1, 0.15) is 63.0 Å². The summed E-state index contributed by atoms with van der Waals surface area (Å²) in [5.74, 6) is 0.962. The predicted molar refractivity (Wildman–Crippen MR) is 170 cm³/mol. The number of rotatable bonds is 11. The molecule has 7 nitrogen and oxygen atoms in total. The van der Waals surface area contributed by atoms with Crippen molar-refractivity contribution < 1.29 is 14.3 Å². The number of fused-ring (bicyclic) bond motifs is 1. The van der Waals surface area contributed by atoms with Crippen molar-refractivity contribution in [2.24, 2.45) is 4.99 Å². The Morgan fingerprint density at radius 1 is 1.07 bits per heavy atom. The Morgan fingerprint density at radius 3 is 2.63 bits per heavy atom. The second-order valence-electron chi connectivity index (χ2n) is 10.9. The lowest BCUT2D eigenvalue weighted by Gasteiger charge is -2.38. The third-order valence-corrected chi connectivity index (χ3v) is 8.05. The summed E-state index contributed by atoms with van der Waals surface area (Å²) >= 11 is 0. The van der Waals surface area contributed by atoms with Crippen LogP contribution in [0.4, 0.5) is 5.69 Å². The van der Waals surface area contributed by atoms with E-state index in [1.165, 1.54) is 22.4 Å². The number of aliphatic imine (C=N–C) groups is 1. The number of aryl methyl sites for hydroxylation is 1. The van der Waals surface area contributed by atoms with Crippen LogP contribution >= 0.6 is 0 Å². The van der Waals surface area contributed by atoms with Crippen molar-refractivity contribution in [2.45, 2.75) is 58.3 Å². The third-order valence-electron chi connectivity index (χ3n) is 8.05. The van der Waals surface area contributed by atoms with Crippen molar-refractivity contribution >= 4 is 17.6 Å². The van der Waals surface area contributed by atoms with Gasteiger partial charge in [-0.2, -0.15) is 10.3 Å². The SMILES string of the molecule is C=CC1=C2/C(=C\C/C=C3/OC(=Nc4ccccc4C#N)N(CCCCc4ccc(OCC)cc4)C3=O)CCCN2CCC1. The zero-order valence-electron chi connectivity index (χ0n) is 25.1. The summed E-state index contributed by atoms with van der Waals surface area (Å²) in [4.78, 5) is 22.3. The highest BCUT2D eigenvalue weighted by Crippen LogP contribution is 2.35. The molecule has 2 aromatic rings. The average molecular weight is 577 g/mol. The molecule has 0 spiro atoms. The molecule has 0 radical (unpaired) electrons. The smallest absolute Gasteiger partial charge is 0.305 e. The van der Waals surface area contributed by atoms with E-state index in [1.54, 1.807) is 23.1 Å². The van der Waals surface area contributed by atoms with Crippen LogP contribution in [0.5, 0.6) is 5.75 Å². The minimum Gasteiger partial charge on any atom is -0.494 e. The number of piperidine rings is 1. The first-order valence-corrected chi connectivity index (χ1v) is 15.4. The highest BCUT2D eigenvalue weighted by Gasteiger charge is 2.34. The molecule has 5 rings (SSSR count). The Kier molecular flexibility index (Phi) is 10.1. The lowest BCUT2D eigenvalue weighted by Crippen LogP contribution is -2.33. The van der Waals surface area contributed by atoms with Gasteiger partial charge in [0.15, 0.2) is 5.76 Å². The van der Waals surface area contributed by atoms with Crippen LogP contribution in [0.15, 0.2) is 101 Å². The quantitative estimate of drug-likeness (QED) is 0.206. The molecule has 3 aliphatic heterocycles. The molecule has 0 bridgehead atoms. The van der Waals surface area contributed by atoms with E-state index < -0.39 is 0 Å². The van der Waals surface area contributed by atoms with Gasteiger partial charge >= 0.3 is 6.02 Å². The Bertz CT molecular complexity index is 1490. The monoisotopic (exact) mass is 576 g/mol. The number of carbonyl (C=O) groups excluding carboxylic acids is 1. The maximum atomic E-state index is 13.6. The molecular weight excluding hydrogens is 536 g/mol. The van der Waals surface area contributed by atoms with Crippen molar-refractivity contribution in [1.82, 2.24) is 9.80 Å². The third kappa shape index (κ3) is 7.26. The van der Waals surface area contributed by atoms with Crippen molar-refractivity contribution in [3.05, 3.63) is 107 Å². The van der Waals surface area contributed by atoms with Crippen LogP contribution in [0.25, 0.3) is 0 Å². The van der Waals surface area contributed by atoms with Crippen LogP contribution in [-0.4, -0.2) is 48.0 Å². The molecule has 0 saturated carbocycles. The Hall–Kier alpha value is -4.57. The summed E-state index contributed by atoms with van der Waals surface area (Å²) in [6.45, 7) is 9.33. The van der Waals surface area contributed by atoms with Gasteiger partial charge in [-0.3, -0.25) is 9.69 Å². The fourth-order valence-corrected chi connectivity index (χ4v) is 5.92. The molecule has 43 heavy (non-hydrogen) atoms. The molecule has 2 fully saturated rings. The normalized spacial score (nSPS) is 19.5. The first kappa shape index (κ1) is 29.9. The number of carbonyl (C=O) groups is 1. The number of allylic oxidation sites excluding steroid dienone is 5. The van der Waals surface area contributed by atoms with Crippen LogP contribution in [0.3, 0.4) is 0 Å². The van der Waals surface area contributed by atoms with Crippen LogP contribution < -0.4 is 4.74 Å². The van der Waals surface area contributed by atoms with Gasteiger partial charge in [-0.15, -0.1) is 0 Å².